The predicted octanol–water partition coefficient (Wildman–Crippen LogP) is -0.651. The number of amides is 3. The van der Waals surface area contributed by atoms with Crippen molar-refractivity contribution in [2.45, 2.75) is 56.5 Å². The Hall–Kier alpha value is -2.16. The molecule has 4 heterocycles. The van der Waals surface area contributed by atoms with E-state index in [-0.39, 0.29) is 60.2 Å². The van der Waals surface area contributed by atoms with Crippen molar-refractivity contribution >= 4 is 65.2 Å². The van der Waals surface area contributed by atoms with Crippen molar-refractivity contribution in [1.29, 1.82) is 0 Å². The summed E-state index contributed by atoms with van der Waals surface area (Å²) < 4.78 is 6.72. The zero-order valence-corrected chi connectivity index (χ0v) is 20.2. The van der Waals surface area contributed by atoms with Gasteiger partial charge in [-0.15, -0.1) is 5.10 Å². The van der Waals surface area contributed by atoms with Crippen molar-refractivity contribution in [3.63, 3.8) is 0 Å². The number of nitrogens with one attached hydrogen (secondary N) is 1. The number of aromatic nitrogens is 4. The number of ether oxygens (including phenoxy) is 1. The van der Waals surface area contributed by atoms with Gasteiger partial charge in [-0.3, -0.25) is 14.5 Å². The molecule has 3 atom stereocenters. The number of esters is 1. The van der Waals surface area contributed by atoms with Crippen molar-refractivity contribution in [2.24, 2.45) is 13.0 Å². The number of tetrazole rings is 1. The summed E-state index contributed by atoms with van der Waals surface area (Å²) in [5.74, 6) is -1.76. The van der Waals surface area contributed by atoms with Crippen LogP contribution in [0.5, 0.6) is 0 Å². The van der Waals surface area contributed by atoms with E-state index in [0.717, 1.165) is 0 Å². The summed E-state index contributed by atoms with van der Waals surface area (Å²) in [5, 5.41) is 24.3. The molecule has 0 spiro atoms. The number of aryl methyl sites for hydroxylation is 1. The van der Waals surface area contributed by atoms with Crippen molar-refractivity contribution in [3.05, 3.63) is 11.3 Å². The number of likely N-dealkylation sites (tertiary alicyclic amines) is 1. The second kappa shape index (κ2) is 10.4. The SMILES string of the molecule is Cn1nnnc1SCC1=C(C(=O)O)N2C(=O)[C@@H]3[C@H]2[C@H](C1)CN3C(=O)NCCC(=O)OC(C)(C)C.[NaH]. The molecule has 0 saturated carbocycles. The number of carboxylic acids is 1. The molecule has 3 aliphatic rings. The molecule has 15 heteroatoms. The number of carboxylic acid groups (broad SMARTS) is 1. The van der Waals surface area contributed by atoms with Crippen LogP contribution in [-0.2, 0) is 26.2 Å². The first kappa shape index (κ1) is 27.4. The maximum atomic E-state index is 12.9. The molecule has 2 N–H and O–H groups in total. The fraction of sp³-hybridized carbons (Fsp3) is 0.650. The van der Waals surface area contributed by atoms with Crippen LogP contribution in [0.3, 0.4) is 0 Å². The van der Waals surface area contributed by atoms with Crippen LogP contribution in [0, 0.1) is 5.92 Å². The number of thioether (sulfide) groups is 1. The van der Waals surface area contributed by atoms with E-state index in [0.29, 0.717) is 29.4 Å². The van der Waals surface area contributed by atoms with Gasteiger partial charge in [0.25, 0.3) is 5.91 Å². The van der Waals surface area contributed by atoms with Gasteiger partial charge in [-0.1, -0.05) is 11.8 Å². The molecule has 2 fully saturated rings. The van der Waals surface area contributed by atoms with Crippen LogP contribution in [-0.4, -0.2) is 125 Å². The Kier molecular flexibility index (Phi) is 8.19. The Balaban J connectivity index is 0.00000342. The summed E-state index contributed by atoms with van der Waals surface area (Å²) >= 11 is 1.29. The van der Waals surface area contributed by atoms with E-state index in [2.05, 4.69) is 20.8 Å². The summed E-state index contributed by atoms with van der Waals surface area (Å²) in [6, 6.07) is -1.51. The van der Waals surface area contributed by atoms with Crippen LogP contribution in [0.2, 0.25) is 0 Å². The van der Waals surface area contributed by atoms with E-state index in [9.17, 15) is 24.3 Å². The van der Waals surface area contributed by atoms with Crippen LogP contribution in [0.4, 0.5) is 4.79 Å². The molecule has 1 aromatic heterocycles. The maximum absolute atomic E-state index is 12.9. The van der Waals surface area contributed by atoms with Crippen molar-refractivity contribution in [1.82, 2.24) is 35.3 Å². The normalized spacial score (nSPS) is 22.9. The van der Waals surface area contributed by atoms with Crippen LogP contribution in [0.25, 0.3) is 0 Å². The second-order valence-electron chi connectivity index (χ2n) is 9.46. The Labute approximate surface area is 228 Å². The monoisotopic (exact) mass is 517 g/mol. The first-order valence-electron chi connectivity index (χ1n) is 10.9. The Morgan fingerprint density at radius 1 is 1.29 bits per heavy atom. The van der Waals surface area contributed by atoms with Gasteiger partial charge in [0.2, 0.25) is 5.16 Å². The molecule has 35 heavy (non-hydrogen) atoms. The third-order valence-corrected chi connectivity index (χ3v) is 6.99. The number of hydrogen-bond donors (Lipinski definition) is 2. The fourth-order valence-electron chi connectivity index (χ4n) is 4.63. The summed E-state index contributed by atoms with van der Waals surface area (Å²) in [6.07, 6.45) is 0.462. The number of carbonyl (C=O) groups excluding carboxylic acids is 3. The summed E-state index contributed by atoms with van der Waals surface area (Å²) in [4.78, 5) is 52.4. The fourth-order valence-corrected chi connectivity index (χ4v) is 5.51. The number of rotatable bonds is 7. The number of β-lactam (4-membered cyclic amide) rings is 1. The average molecular weight is 518 g/mol. The van der Waals surface area contributed by atoms with Crippen molar-refractivity contribution in [3.8, 4) is 0 Å². The Bertz CT molecular complexity index is 1070. The van der Waals surface area contributed by atoms with Crippen LogP contribution in [0.1, 0.15) is 33.6 Å². The van der Waals surface area contributed by atoms with Gasteiger partial charge in [0, 0.05) is 31.8 Å². The number of urea groups is 1. The third kappa shape index (κ3) is 5.49. The van der Waals surface area contributed by atoms with E-state index >= 15 is 0 Å². The minimum absolute atomic E-state index is 0. The van der Waals surface area contributed by atoms with Gasteiger partial charge in [0.1, 0.15) is 17.3 Å². The first-order chi connectivity index (χ1) is 16.0. The molecule has 3 amide bonds. The van der Waals surface area contributed by atoms with Gasteiger partial charge in [0.15, 0.2) is 0 Å². The quantitative estimate of drug-likeness (QED) is 0.206. The van der Waals surface area contributed by atoms with Gasteiger partial charge in [-0.05, 0) is 43.2 Å². The predicted molar refractivity (Wildman–Crippen MR) is 124 cm³/mol. The first-order valence-corrected chi connectivity index (χ1v) is 11.9. The van der Waals surface area contributed by atoms with Crippen LogP contribution < -0.4 is 5.32 Å². The molecule has 0 unspecified atom stereocenters. The molecule has 3 aliphatic heterocycles. The second-order valence-corrected chi connectivity index (χ2v) is 10.4. The van der Waals surface area contributed by atoms with E-state index in [1.807, 2.05) is 0 Å². The van der Waals surface area contributed by atoms with Crippen LogP contribution >= 0.6 is 11.8 Å². The number of nitrogens with zero attached hydrogens (tertiary/aromatic N) is 6. The molecule has 0 bridgehead atoms. The van der Waals surface area contributed by atoms with Crippen molar-refractivity contribution in [2.75, 3.05) is 18.8 Å². The van der Waals surface area contributed by atoms with Gasteiger partial charge >= 0.3 is 47.5 Å². The standard InChI is InChI=1S/C20H27N7O6S.Na.H/c1-20(2,3)33-12(28)5-6-21-18(32)26-8-10-7-11(9-34-19-22-23-24-25(19)4)14(17(30)31)27-13(10)15(26)16(27)29;;/h10,13,15H,5-9H2,1-4H3,(H,21,32)(H,30,31);;/t10-,13-,15+;;/m1../s1. The molecule has 186 valence electrons. The van der Waals surface area contributed by atoms with Gasteiger partial charge in [-0.2, -0.15) is 0 Å². The summed E-state index contributed by atoms with van der Waals surface area (Å²) in [7, 11) is 1.69. The van der Waals surface area contributed by atoms with Crippen molar-refractivity contribution < 1.29 is 29.0 Å². The molecule has 13 nitrogen and oxygen atoms in total. The van der Waals surface area contributed by atoms with E-state index in [1.165, 1.54) is 26.2 Å². The molecule has 4 rings (SSSR count). The third-order valence-electron chi connectivity index (χ3n) is 5.89. The molecule has 0 aliphatic carbocycles. The molecule has 0 aromatic carbocycles. The number of hydrogen-bond acceptors (Lipinski definition) is 9. The van der Waals surface area contributed by atoms with E-state index in [4.69, 9.17) is 4.74 Å². The van der Waals surface area contributed by atoms with E-state index in [1.54, 1.807) is 27.8 Å². The zero-order chi connectivity index (χ0) is 24.8. The minimum atomic E-state index is -1.17. The molecule has 0 radical (unpaired) electrons. The van der Waals surface area contributed by atoms with Gasteiger partial charge < -0.3 is 20.1 Å². The van der Waals surface area contributed by atoms with Gasteiger partial charge in [0.05, 0.1) is 12.5 Å². The van der Waals surface area contributed by atoms with Crippen LogP contribution in [0.15, 0.2) is 16.4 Å². The molecule has 1 aromatic rings. The zero-order valence-electron chi connectivity index (χ0n) is 19.3. The van der Waals surface area contributed by atoms with E-state index < -0.39 is 35.5 Å². The molecular formula is C20H28N7NaO6S. The number of aliphatic carboxylic acids is 1. The summed E-state index contributed by atoms with van der Waals surface area (Å²) in [6.45, 7) is 5.69. The Morgan fingerprint density at radius 3 is 2.60 bits per heavy atom. The van der Waals surface area contributed by atoms with Gasteiger partial charge in [-0.25, -0.2) is 14.3 Å². The number of carbonyl (C=O) groups is 4. The topological polar surface area (TPSA) is 160 Å². The summed E-state index contributed by atoms with van der Waals surface area (Å²) in [5.41, 5.74) is -0.0140. The molecular weight excluding hydrogens is 489 g/mol. The molecule has 2 saturated heterocycles. The average Bonchev–Trinajstić information content (AvgIpc) is 3.31. The Morgan fingerprint density at radius 2 is 2.00 bits per heavy atom.